The Labute approximate surface area is 722 Å². The minimum absolute atomic E-state index is 0.0730. The topological polar surface area (TPSA) is 382 Å². The van der Waals surface area contributed by atoms with Crippen LogP contribution < -0.4 is 26.6 Å². The molecule has 6 aromatic rings. The lowest BCUT2D eigenvalue weighted by molar-refractivity contribution is -0.183. The normalized spacial score (nSPS) is 31.3. The fraction of sp³-hybridized carbons (Fsp3) is 0.567. The maximum absolute atomic E-state index is 13.9. The average Bonchev–Trinajstić information content (AvgIpc) is 1.73. The summed E-state index contributed by atoms with van der Waals surface area (Å²) in [5, 5.41) is 110. The number of carbonyl (C=O) groups excluding carboxylic acids is 5. The van der Waals surface area contributed by atoms with Crippen molar-refractivity contribution in [1.29, 1.82) is 0 Å². The number of carboxylic acids is 1. The Bertz CT molecular complexity index is 4520. The van der Waals surface area contributed by atoms with E-state index in [0.29, 0.717) is 80.6 Å². The Morgan fingerprint density at radius 3 is 0.894 bits per heavy atom. The fourth-order valence-electron chi connectivity index (χ4n) is 22.6. The van der Waals surface area contributed by atoms with Gasteiger partial charge in [0.1, 0.15) is 36.4 Å². The van der Waals surface area contributed by atoms with Gasteiger partial charge in [-0.05, 0) is 233 Å². The molecule has 0 unspecified atom stereocenters. The van der Waals surface area contributed by atoms with Crippen LogP contribution in [-0.2, 0) is 48.5 Å². The smallest absolute Gasteiger partial charge is 0.335 e. The molecule has 18 rings (SSSR count). The molecule has 6 aromatic carbocycles. The number of hydrogen-bond donors (Lipinski definition) is 14. The number of aliphatic hydroxyl groups excluding tert-OH is 8. The molecule has 12 aliphatic rings. The highest BCUT2D eigenvalue weighted by atomic mass is 16.7. The first-order chi connectivity index (χ1) is 58.6. The SMILES string of the molecule is C[C@@H]1[C@@H](NC(=O)[C@@H]2[C@H]([C@H](C)O)[C@H](CO)ON2Cc2cccc(-c3cccc(C(=O)NCCO)c3)c2)C[C@H]2C[C@@H]1C2(C)C.C[C@@H]1[C@@H](NC(=O)[C@@H]2[C@H]([C@H](C)O)[C@H](CO)ON2Cc2cccc(-c3cccc(C(=O)NCCO)c3)c2)C[C@H]2C[C@@H]1C2(C)C.C[C@@H]1[C@@H](NC(=O)[C@@H]2[C@H]([C@H](C)O)[C@H](CO)ON2Cc2cccc(-c3cccc(C(=O)O)c3)c2)C[C@H]2C[C@@H]1C2(C)C. The van der Waals surface area contributed by atoms with Crippen molar-refractivity contribution in [2.75, 3.05) is 46.1 Å². The highest BCUT2D eigenvalue weighted by Crippen LogP contribution is 2.64. The van der Waals surface area contributed by atoms with Crippen molar-refractivity contribution in [2.45, 2.75) is 214 Å². The summed E-state index contributed by atoms with van der Waals surface area (Å²) < 4.78 is 0. The zero-order valence-electron chi connectivity index (χ0n) is 73.1. The zero-order valence-corrected chi connectivity index (χ0v) is 73.1. The van der Waals surface area contributed by atoms with E-state index in [1.165, 1.54) is 19.3 Å². The molecule has 123 heavy (non-hydrogen) atoms. The monoisotopic (exact) mass is 1690 g/mol. The summed E-state index contributed by atoms with van der Waals surface area (Å²) in [7, 11) is 0. The second-order valence-corrected chi connectivity index (χ2v) is 38.3. The molecule has 0 radical (unpaired) electrons. The minimum atomic E-state index is -0.986. The van der Waals surface area contributed by atoms with Crippen molar-refractivity contribution in [3.8, 4) is 33.4 Å². The Morgan fingerprint density at radius 1 is 0.390 bits per heavy atom. The predicted octanol–water partition coefficient (Wildman–Crippen LogP) is 9.19. The van der Waals surface area contributed by atoms with Crippen LogP contribution >= 0.6 is 0 Å². The molecule has 14 N–H and O–H groups in total. The highest BCUT2D eigenvalue weighted by molar-refractivity contribution is 5.96. The number of hydroxylamine groups is 6. The van der Waals surface area contributed by atoms with Crippen LogP contribution in [-0.4, -0.2) is 216 Å². The van der Waals surface area contributed by atoms with Crippen LogP contribution in [0.3, 0.4) is 0 Å². The maximum atomic E-state index is 13.9. The first-order valence-electron chi connectivity index (χ1n) is 44.3. The number of carboxylic acid groups (broad SMARTS) is 1. The number of amides is 5. The molecule has 3 heterocycles. The lowest BCUT2D eigenvalue weighted by Gasteiger charge is -2.62. The molecule has 666 valence electrons. The highest BCUT2D eigenvalue weighted by Gasteiger charge is 2.61. The van der Waals surface area contributed by atoms with Gasteiger partial charge in [0.05, 0.1) is 76.5 Å². The lowest BCUT2D eigenvalue weighted by atomic mass is 9.45. The number of aromatic carboxylic acids is 1. The van der Waals surface area contributed by atoms with E-state index in [1.807, 2.05) is 103 Å². The molecule has 26 heteroatoms. The van der Waals surface area contributed by atoms with Gasteiger partial charge in [-0.2, -0.15) is 15.2 Å². The van der Waals surface area contributed by atoms with Gasteiger partial charge >= 0.3 is 5.97 Å². The summed E-state index contributed by atoms with van der Waals surface area (Å²) in [6, 6.07) is 42.5. The third-order valence-corrected chi connectivity index (χ3v) is 30.1. The molecule has 5 amide bonds. The minimum Gasteiger partial charge on any atom is -0.478 e. The van der Waals surface area contributed by atoms with Gasteiger partial charge in [0.15, 0.2) is 0 Å². The van der Waals surface area contributed by atoms with Gasteiger partial charge in [-0.25, -0.2) is 4.79 Å². The van der Waals surface area contributed by atoms with Crippen molar-refractivity contribution < 1.29 is 89.2 Å². The molecule has 26 nitrogen and oxygen atoms in total. The molecule has 9 saturated carbocycles. The molecular formula is C97H130N8O18. The van der Waals surface area contributed by atoms with E-state index >= 15 is 0 Å². The van der Waals surface area contributed by atoms with Crippen molar-refractivity contribution in [3.63, 3.8) is 0 Å². The summed E-state index contributed by atoms with van der Waals surface area (Å²) in [6.45, 7) is 25.6. The number of nitrogens with one attached hydrogen (secondary N) is 5. The number of fused-ring (bicyclic) bond motifs is 6. The average molecular weight is 1700 g/mol. The fourth-order valence-corrected chi connectivity index (χ4v) is 22.6. The van der Waals surface area contributed by atoms with E-state index in [-0.39, 0.29) is 119 Å². The van der Waals surface area contributed by atoms with Crippen molar-refractivity contribution >= 4 is 35.5 Å². The molecule has 3 saturated heterocycles. The van der Waals surface area contributed by atoms with Crippen molar-refractivity contribution in [3.05, 3.63) is 179 Å². The molecule has 12 fully saturated rings. The number of nitrogens with zero attached hydrogens (tertiary/aromatic N) is 3. The Hall–Kier alpha value is -8.42. The molecule has 0 aromatic heterocycles. The molecule has 3 aliphatic heterocycles. The van der Waals surface area contributed by atoms with Crippen molar-refractivity contribution in [1.82, 2.24) is 41.8 Å². The molecule has 24 atom stereocenters. The summed E-state index contributed by atoms with van der Waals surface area (Å²) in [5.41, 5.74) is 9.88. The molecule has 9 aliphatic carbocycles. The van der Waals surface area contributed by atoms with Gasteiger partial charge in [0.25, 0.3) is 11.8 Å². The van der Waals surface area contributed by atoms with Gasteiger partial charge in [-0.15, -0.1) is 0 Å². The van der Waals surface area contributed by atoms with Crippen LogP contribution in [0.15, 0.2) is 146 Å². The summed E-state index contributed by atoms with van der Waals surface area (Å²) in [5.74, 6) is 0.831. The van der Waals surface area contributed by atoms with Gasteiger partial charge in [-0.3, -0.25) is 38.5 Å². The Kier molecular flexibility index (Phi) is 29.1. The van der Waals surface area contributed by atoms with Crippen LogP contribution in [0.1, 0.15) is 169 Å². The number of hydrogen-bond acceptors (Lipinski definition) is 20. The maximum Gasteiger partial charge on any atom is 0.335 e. The number of carbonyl (C=O) groups is 6. The van der Waals surface area contributed by atoms with E-state index in [9.17, 15) is 64.5 Å². The Morgan fingerprint density at radius 2 is 0.650 bits per heavy atom. The van der Waals surface area contributed by atoms with Crippen LogP contribution in [0.2, 0.25) is 0 Å². The van der Waals surface area contributed by atoms with E-state index in [1.54, 1.807) is 78.4 Å². The summed E-state index contributed by atoms with van der Waals surface area (Å²) >= 11 is 0. The first kappa shape index (κ1) is 92.3. The van der Waals surface area contributed by atoms with E-state index in [2.05, 4.69) is 88.9 Å². The van der Waals surface area contributed by atoms with Crippen LogP contribution in [0, 0.1) is 87.3 Å². The van der Waals surface area contributed by atoms with Crippen LogP contribution in [0.5, 0.6) is 0 Å². The number of aliphatic hydroxyl groups is 8. The summed E-state index contributed by atoms with van der Waals surface area (Å²) in [4.78, 5) is 96.2. The van der Waals surface area contributed by atoms with E-state index in [4.69, 9.17) is 24.7 Å². The third kappa shape index (κ3) is 19.5. The van der Waals surface area contributed by atoms with Crippen LogP contribution in [0.4, 0.5) is 0 Å². The predicted molar refractivity (Wildman–Crippen MR) is 464 cm³/mol. The standard InChI is InChI=1S/2C33H45N3O6.C31H40N2O6/c2*1-19-26-15-25(33(26,3)4)16-27(19)35-32(41)30-29(20(2)39)28(18-38)42-36(30)17-21-7-5-8-22(13-21)23-9-6-10-24(14-23)31(40)34-11-12-37;1-17-24-13-23(31(24,3)4)14-25(17)32-29(36)28-27(18(2)35)26(16-34)39-33(28)15-19-7-5-8-20(11-19)21-9-6-10-22(12-21)30(37)38/h2*5-10,13-14,19-20,25-30,37-39H,11-12,15-18H2,1-4H3,(H,34,40)(H,35,41);5-12,17-18,23-28,34-35H,13-16H2,1-4H3,(H,32,36)(H,37,38)/t2*19-,20-,25+,26-,27-,28-,29+,30-;17-,18-,23+,24-,25-,26-,27+,28-/m000/s1. The number of benzene rings is 6. The second kappa shape index (κ2) is 38.8. The molecular weight excluding hydrogens is 1570 g/mol. The van der Waals surface area contributed by atoms with Gasteiger partial charge < -0.3 is 72.5 Å². The quantitative estimate of drug-likeness (QED) is 0.0217. The summed E-state index contributed by atoms with van der Waals surface area (Å²) in [6.07, 6.45) is 1.83. The first-order valence-corrected chi connectivity index (χ1v) is 44.3. The lowest BCUT2D eigenvalue weighted by Crippen LogP contribution is -2.62. The van der Waals surface area contributed by atoms with Gasteiger partial charge in [0.2, 0.25) is 17.7 Å². The van der Waals surface area contributed by atoms with Gasteiger partial charge in [0, 0.05) is 60.1 Å². The molecule has 0 spiro atoms. The zero-order chi connectivity index (χ0) is 88.4. The van der Waals surface area contributed by atoms with E-state index < -0.39 is 78.5 Å². The largest absolute Gasteiger partial charge is 0.478 e. The van der Waals surface area contributed by atoms with Crippen LogP contribution in [0.25, 0.3) is 33.4 Å². The molecule has 6 bridgehead atoms. The van der Waals surface area contributed by atoms with Crippen molar-refractivity contribution in [2.24, 2.45) is 87.3 Å². The second-order valence-electron chi connectivity index (χ2n) is 38.3. The third-order valence-electron chi connectivity index (χ3n) is 30.1. The van der Waals surface area contributed by atoms with E-state index in [0.717, 1.165) is 69.3 Å². The Balaban J connectivity index is 0.000000159. The van der Waals surface area contributed by atoms with Gasteiger partial charge in [-0.1, -0.05) is 153 Å². The number of rotatable bonds is 28.